The molecule has 2 rings (SSSR count). The van der Waals surface area contributed by atoms with E-state index in [2.05, 4.69) is 0 Å². The lowest BCUT2D eigenvalue weighted by Crippen LogP contribution is -2.04. The molecular formula is C13H12O5. The fourth-order valence-electron chi connectivity index (χ4n) is 1.71. The Bertz CT molecular complexity index is 669. The van der Waals surface area contributed by atoms with Crippen LogP contribution in [-0.4, -0.2) is 17.7 Å². The standard InChI is InChI=1S/C13H12O5/c1-3-17-12(15)10-8-5-4-7(2)6-9(14)11(8)18-13(10)16/h4-6,16H,3H2,1-2H3. The van der Waals surface area contributed by atoms with E-state index in [0.717, 1.165) is 5.56 Å². The summed E-state index contributed by atoms with van der Waals surface area (Å²) in [6, 6.07) is 4.60. The van der Waals surface area contributed by atoms with Gasteiger partial charge in [-0.3, -0.25) is 4.79 Å². The Balaban J connectivity index is 2.79. The van der Waals surface area contributed by atoms with Crippen molar-refractivity contribution in [3.8, 4) is 5.95 Å². The number of carbonyl (C=O) groups is 1. The van der Waals surface area contributed by atoms with E-state index in [9.17, 15) is 14.7 Å². The molecule has 1 heterocycles. The molecule has 0 fully saturated rings. The quantitative estimate of drug-likeness (QED) is 0.822. The predicted molar refractivity (Wildman–Crippen MR) is 64.8 cm³/mol. The molecule has 94 valence electrons. The molecule has 2 aromatic rings. The van der Waals surface area contributed by atoms with Gasteiger partial charge in [-0.25, -0.2) is 4.79 Å². The Labute approximate surface area is 103 Å². The lowest BCUT2D eigenvalue weighted by atomic mass is 10.2. The molecule has 0 spiro atoms. The maximum atomic E-state index is 11.8. The summed E-state index contributed by atoms with van der Waals surface area (Å²) in [5, 5.41) is 9.85. The van der Waals surface area contributed by atoms with E-state index in [1.807, 2.05) is 0 Å². The molecule has 18 heavy (non-hydrogen) atoms. The van der Waals surface area contributed by atoms with E-state index in [1.165, 1.54) is 6.07 Å². The van der Waals surface area contributed by atoms with Gasteiger partial charge in [0.05, 0.1) is 6.61 Å². The summed E-state index contributed by atoms with van der Waals surface area (Å²) in [6.07, 6.45) is 0. The van der Waals surface area contributed by atoms with Crippen molar-refractivity contribution in [2.24, 2.45) is 0 Å². The number of fused-ring (bicyclic) bond motifs is 1. The van der Waals surface area contributed by atoms with Crippen molar-refractivity contribution in [3.05, 3.63) is 39.5 Å². The molecule has 0 radical (unpaired) electrons. The summed E-state index contributed by atoms with van der Waals surface area (Å²) in [5.74, 6) is -1.30. The van der Waals surface area contributed by atoms with Crippen LogP contribution in [0.2, 0.25) is 0 Å². The number of hydrogen-bond acceptors (Lipinski definition) is 5. The van der Waals surface area contributed by atoms with Gasteiger partial charge in [-0.2, -0.15) is 0 Å². The van der Waals surface area contributed by atoms with E-state index >= 15 is 0 Å². The largest absolute Gasteiger partial charge is 0.480 e. The SMILES string of the molecule is CCOC(=O)c1c(O)oc2c(=O)cc(C)ccc12. The first-order valence-electron chi connectivity index (χ1n) is 5.48. The van der Waals surface area contributed by atoms with Gasteiger partial charge in [0.15, 0.2) is 11.1 Å². The average molecular weight is 248 g/mol. The molecule has 0 aliphatic rings. The van der Waals surface area contributed by atoms with E-state index in [1.54, 1.807) is 26.0 Å². The lowest BCUT2D eigenvalue weighted by molar-refractivity contribution is 0.0522. The van der Waals surface area contributed by atoms with Crippen LogP contribution in [-0.2, 0) is 4.74 Å². The Morgan fingerprint density at radius 2 is 2.17 bits per heavy atom. The van der Waals surface area contributed by atoms with Crippen LogP contribution in [0.4, 0.5) is 0 Å². The van der Waals surface area contributed by atoms with Crippen molar-refractivity contribution < 1.29 is 19.1 Å². The minimum Gasteiger partial charge on any atom is -0.480 e. The zero-order chi connectivity index (χ0) is 13.3. The van der Waals surface area contributed by atoms with Gasteiger partial charge in [0, 0.05) is 5.39 Å². The maximum absolute atomic E-state index is 11.8. The van der Waals surface area contributed by atoms with Gasteiger partial charge < -0.3 is 14.3 Å². The number of ether oxygens (including phenoxy) is 1. The van der Waals surface area contributed by atoms with Crippen molar-refractivity contribution in [2.75, 3.05) is 6.61 Å². The molecule has 1 aromatic heterocycles. The zero-order valence-corrected chi connectivity index (χ0v) is 10.0. The molecule has 0 saturated heterocycles. The minimum absolute atomic E-state index is 0.0522. The van der Waals surface area contributed by atoms with Crippen LogP contribution in [0.1, 0.15) is 22.8 Å². The van der Waals surface area contributed by atoms with Gasteiger partial charge in [-0.05, 0) is 31.5 Å². The van der Waals surface area contributed by atoms with E-state index in [-0.39, 0.29) is 23.1 Å². The van der Waals surface area contributed by atoms with Gasteiger partial charge in [0.1, 0.15) is 0 Å². The van der Waals surface area contributed by atoms with Crippen molar-refractivity contribution in [1.29, 1.82) is 0 Å². The molecule has 0 bridgehead atoms. The van der Waals surface area contributed by atoms with Gasteiger partial charge >= 0.3 is 5.97 Å². The number of rotatable bonds is 2. The zero-order valence-electron chi connectivity index (χ0n) is 10.0. The Hall–Kier alpha value is -2.30. The third-order valence-electron chi connectivity index (χ3n) is 2.50. The molecular weight excluding hydrogens is 236 g/mol. The van der Waals surface area contributed by atoms with Gasteiger partial charge in [0.2, 0.25) is 5.43 Å². The Morgan fingerprint density at radius 3 is 2.83 bits per heavy atom. The molecule has 1 aromatic carbocycles. The summed E-state index contributed by atoms with van der Waals surface area (Å²) in [7, 11) is 0. The average Bonchev–Trinajstić information content (AvgIpc) is 2.57. The highest BCUT2D eigenvalue weighted by molar-refractivity contribution is 6.05. The van der Waals surface area contributed by atoms with E-state index in [4.69, 9.17) is 9.15 Å². The van der Waals surface area contributed by atoms with Gasteiger partial charge in [-0.1, -0.05) is 6.07 Å². The van der Waals surface area contributed by atoms with Crippen LogP contribution in [0.3, 0.4) is 0 Å². The topological polar surface area (TPSA) is 76.7 Å². The third-order valence-corrected chi connectivity index (χ3v) is 2.50. The molecule has 5 heteroatoms. The van der Waals surface area contributed by atoms with Gasteiger partial charge in [0.25, 0.3) is 5.95 Å². The number of aryl methyl sites for hydroxylation is 1. The monoisotopic (exact) mass is 248 g/mol. The predicted octanol–water partition coefficient (Wildman–Crippen LogP) is 1.98. The molecule has 0 unspecified atom stereocenters. The second-order valence-corrected chi connectivity index (χ2v) is 3.83. The third kappa shape index (κ3) is 1.95. The molecule has 1 N–H and O–H groups in total. The van der Waals surface area contributed by atoms with Crippen LogP contribution in [0.15, 0.2) is 27.4 Å². The fraction of sp³-hybridized carbons (Fsp3) is 0.231. The summed E-state index contributed by atoms with van der Waals surface area (Å²) >= 11 is 0. The number of hydrogen-bond donors (Lipinski definition) is 1. The molecule has 0 atom stereocenters. The smallest absolute Gasteiger partial charge is 0.346 e. The minimum atomic E-state index is -0.711. The first-order valence-corrected chi connectivity index (χ1v) is 5.48. The second kappa shape index (κ2) is 4.52. The summed E-state index contributed by atoms with van der Waals surface area (Å²) in [4.78, 5) is 23.5. The van der Waals surface area contributed by atoms with Crippen LogP contribution >= 0.6 is 0 Å². The number of esters is 1. The summed E-state index contributed by atoms with van der Waals surface area (Å²) in [5.41, 5.74) is 0.183. The van der Waals surface area contributed by atoms with E-state index in [0.29, 0.717) is 0 Å². The van der Waals surface area contributed by atoms with Crippen LogP contribution < -0.4 is 5.43 Å². The molecule has 5 nitrogen and oxygen atoms in total. The highest BCUT2D eigenvalue weighted by Crippen LogP contribution is 2.29. The van der Waals surface area contributed by atoms with Crippen molar-refractivity contribution in [2.45, 2.75) is 13.8 Å². The first kappa shape index (κ1) is 12.2. The maximum Gasteiger partial charge on any atom is 0.346 e. The summed E-state index contributed by atoms with van der Waals surface area (Å²) in [6.45, 7) is 3.58. The van der Waals surface area contributed by atoms with Crippen molar-refractivity contribution in [3.63, 3.8) is 0 Å². The molecule has 0 amide bonds. The number of furan rings is 1. The van der Waals surface area contributed by atoms with Crippen molar-refractivity contribution in [1.82, 2.24) is 0 Å². The van der Waals surface area contributed by atoms with E-state index < -0.39 is 17.3 Å². The Kier molecular flexibility index (Phi) is 3.06. The highest BCUT2D eigenvalue weighted by Gasteiger charge is 2.22. The fourth-order valence-corrected chi connectivity index (χ4v) is 1.71. The number of aromatic hydroxyl groups is 1. The van der Waals surface area contributed by atoms with Crippen LogP contribution in [0.25, 0.3) is 11.0 Å². The normalized spacial score (nSPS) is 10.6. The summed E-state index contributed by atoms with van der Waals surface area (Å²) < 4.78 is 9.77. The molecule has 0 saturated carbocycles. The second-order valence-electron chi connectivity index (χ2n) is 3.83. The van der Waals surface area contributed by atoms with Crippen molar-refractivity contribution >= 4 is 16.9 Å². The molecule has 0 aliphatic carbocycles. The highest BCUT2D eigenvalue weighted by atomic mass is 16.5. The molecule has 0 aliphatic heterocycles. The number of carbonyl (C=O) groups excluding carboxylic acids is 1. The van der Waals surface area contributed by atoms with Gasteiger partial charge in [-0.15, -0.1) is 0 Å². The van der Waals surface area contributed by atoms with Crippen LogP contribution in [0.5, 0.6) is 5.95 Å². The van der Waals surface area contributed by atoms with Crippen LogP contribution in [0, 0.1) is 6.92 Å². The first-order chi connectivity index (χ1) is 8.54. The Morgan fingerprint density at radius 1 is 1.44 bits per heavy atom. The lowest BCUT2D eigenvalue weighted by Gasteiger charge is -1.98.